The minimum Gasteiger partial charge on any atom is -0.485 e. The third kappa shape index (κ3) is 4.82. The molecular weight excluding hydrogens is 409 g/mol. The summed E-state index contributed by atoms with van der Waals surface area (Å²) in [6, 6.07) is 4.90. The van der Waals surface area contributed by atoms with Gasteiger partial charge in [-0.2, -0.15) is 0 Å². The van der Waals surface area contributed by atoms with Crippen LogP contribution >= 0.6 is 0 Å². The average molecular weight is 434 g/mol. The van der Waals surface area contributed by atoms with Crippen LogP contribution in [0.4, 0.5) is 13.2 Å². The van der Waals surface area contributed by atoms with E-state index in [1.807, 2.05) is 13.8 Å². The minimum absolute atomic E-state index is 0.108. The van der Waals surface area contributed by atoms with Gasteiger partial charge in [0.1, 0.15) is 30.6 Å². The molecule has 6 nitrogen and oxygen atoms in total. The van der Waals surface area contributed by atoms with Crippen molar-refractivity contribution in [1.29, 1.82) is 0 Å². The molecular formula is C22H25F3N4O2. The lowest BCUT2D eigenvalue weighted by Gasteiger charge is -2.22. The number of imidazole rings is 1. The van der Waals surface area contributed by atoms with Crippen molar-refractivity contribution in [2.24, 2.45) is 5.73 Å². The summed E-state index contributed by atoms with van der Waals surface area (Å²) >= 11 is 0. The number of nitrogens with zero attached hydrogens (tertiary/aromatic N) is 2. The molecule has 0 saturated carbocycles. The Bertz CT molecular complexity index is 1090. The maximum absolute atomic E-state index is 13.9. The van der Waals surface area contributed by atoms with E-state index >= 15 is 0 Å². The molecule has 0 aliphatic rings. The fraction of sp³-hybridized carbons (Fsp3) is 0.364. The van der Waals surface area contributed by atoms with E-state index in [0.29, 0.717) is 12.1 Å². The van der Waals surface area contributed by atoms with Gasteiger partial charge in [-0.15, -0.1) is 0 Å². The van der Waals surface area contributed by atoms with E-state index in [9.17, 15) is 18.0 Å². The van der Waals surface area contributed by atoms with E-state index in [0.717, 1.165) is 12.1 Å². The molecule has 0 radical (unpaired) electrons. The van der Waals surface area contributed by atoms with Gasteiger partial charge in [-0.25, -0.2) is 18.2 Å². The normalized spacial score (nSPS) is 13.3. The second-order valence-corrected chi connectivity index (χ2v) is 7.76. The summed E-state index contributed by atoms with van der Waals surface area (Å²) in [5.74, 6) is -1.81. The van der Waals surface area contributed by atoms with Crippen LogP contribution in [0.1, 0.15) is 47.6 Å². The smallest absolute Gasteiger partial charge is 0.270 e. The van der Waals surface area contributed by atoms with E-state index in [1.165, 1.54) is 22.7 Å². The van der Waals surface area contributed by atoms with Crippen molar-refractivity contribution in [2.45, 2.75) is 46.0 Å². The molecule has 2 heterocycles. The number of pyridine rings is 1. The average Bonchev–Trinajstić information content (AvgIpc) is 3.07. The molecule has 9 heteroatoms. The van der Waals surface area contributed by atoms with Crippen LogP contribution in [0.5, 0.6) is 5.75 Å². The molecule has 0 spiro atoms. The number of carbonyl (C=O) groups is 1. The number of ether oxygens (including phenoxy) is 1. The van der Waals surface area contributed by atoms with E-state index in [1.54, 1.807) is 6.92 Å². The highest BCUT2D eigenvalue weighted by Crippen LogP contribution is 2.26. The number of hydrogen-bond donors (Lipinski definition) is 2. The molecule has 0 bridgehead atoms. The first-order valence-corrected chi connectivity index (χ1v) is 9.87. The molecule has 1 atom stereocenters. The van der Waals surface area contributed by atoms with Gasteiger partial charge in [0.25, 0.3) is 5.91 Å². The van der Waals surface area contributed by atoms with Crippen molar-refractivity contribution in [1.82, 2.24) is 14.7 Å². The summed E-state index contributed by atoms with van der Waals surface area (Å²) in [6.07, 6.45) is 2.11. The van der Waals surface area contributed by atoms with Crippen LogP contribution in [0.15, 0.2) is 30.5 Å². The molecule has 2 aromatic heterocycles. The summed E-state index contributed by atoms with van der Waals surface area (Å²) in [5.41, 5.74) is 6.32. The van der Waals surface area contributed by atoms with Crippen molar-refractivity contribution in [3.05, 3.63) is 64.6 Å². The van der Waals surface area contributed by atoms with Crippen molar-refractivity contribution < 1.29 is 22.7 Å². The van der Waals surface area contributed by atoms with Crippen molar-refractivity contribution in [2.75, 3.05) is 6.54 Å². The minimum atomic E-state index is -0.824. The predicted octanol–water partition coefficient (Wildman–Crippen LogP) is 3.83. The lowest BCUT2D eigenvalue weighted by Crippen LogP contribution is -2.47. The Kier molecular flexibility index (Phi) is 6.54. The van der Waals surface area contributed by atoms with Gasteiger partial charge in [0.15, 0.2) is 11.4 Å². The fourth-order valence-corrected chi connectivity index (χ4v) is 3.05. The van der Waals surface area contributed by atoms with Crippen molar-refractivity contribution in [3.8, 4) is 5.75 Å². The molecule has 3 aromatic rings. The Morgan fingerprint density at radius 1 is 1.32 bits per heavy atom. The van der Waals surface area contributed by atoms with E-state index in [2.05, 4.69) is 10.3 Å². The number of fused-ring (bicyclic) bond motifs is 1. The molecule has 31 heavy (non-hydrogen) atoms. The van der Waals surface area contributed by atoms with E-state index in [4.69, 9.17) is 10.5 Å². The van der Waals surface area contributed by atoms with Gasteiger partial charge in [0.05, 0.1) is 11.3 Å². The highest BCUT2D eigenvalue weighted by molar-refractivity contribution is 5.95. The maximum Gasteiger partial charge on any atom is 0.270 e. The van der Waals surface area contributed by atoms with Gasteiger partial charge in [-0.1, -0.05) is 13.0 Å². The monoisotopic (exact) mass is 434 g/mol. The van der Waals surface area contributed by atoms with Crippen LogP contribution in [-0.2, 0) is 13.3 Å². The number of rotatable bonds is 8. The number of alkyl halides is 1. The van der Waals surface area contributed by atoms with Crippen molar-refractivity contribution in [3.63, 3.8) is 0 Å². The van der Waals surface area contributed by atoms with Crippen LogP contribution in [0.2, 0.25) is 0 Å². The summed E-state index contributed by atoms with van der Waals surface area (Å²) in [4.78, 5) is 17.2. The SMILES string of the molecule is CC[C@](C)(N)CNC(=O)c1c(C)nc2c(OCc3c(F)cccc3F)cc(CF)cn12. The van der Waals surface area contributed by atoms with Gasteiger partial charge in [0, 0.05) is 23.8 Å². The number of nitrogens with one attached hydrogen (secondary N) is 1. The van der Waals surface area contributed by atoms with Gasteiger partial charge >= 0.3 is 0 Å². The van der Waals surface area contributed by atoms with Crippen LogP contribution < -0.4 is 15.8 Å². The first-order chi connectivity index (χ1) is 14.7. The zero-order valence-corrected chi connectivity index (χ0v) is 17.6. The zero-order chi connectivity index (χ0) is 22.8. The second-order valence-electron chi connectivity index (χ2n) is 7.76. The Morgan fingerprint density at radius 2 is 2.00 bits per heavy atom. The molecule has 1 amide bonds. The highest BCUT2D eigenvalue weighted by atomic mass is 19.1. The Morgan fingerprint density at radius 3 is 2.61 bits per heavy atom. The lowest BCUT2D eigenvalue weighted by molar-refractivity contribution is 0.0937. The van der Waals surface area contributed by atoms with E-state index < -0.39 is 36.4 Å². The number of aryl methyl sites for hydroxylation is 1. The summed E-state index contributed by atoms with van der Waals surface area (Å²) in [7, 11) is 0. The van der Waals surface area contributed by atoms with Gasteiger partial charge < -0.3 is 15.8 Å². The van der Waals surface area contributed by atoms with Crippen LogP contribution in [-0.4, -0.2) is 27.4 Å². The summed E-state index contributed by atoms with van der Waals surface area (Å²) in [6.45, 7) is 4.38. The third-order valence-electron chi connectivity index (χ3n) is 5.18. The molecule has 0 unspecified atom stereocenters. The molecule has 3 rings (SSSR count). The number of benzene rings is 1. The number of hydrogen-bond acceptors (Lipinski definition) is 4. The van der Waals surface area contributed by atoms with Crippen LogP contribution in [0.25, 0.3) is 5.65 Å². The van der Waals surface area contributed by atoms with Crippen molar-refractivity contribution >= 4 is 11.6 Å². The Labute approximate surface area is 178 Å². The molecule has 0 aliphatic heterocycles. The largest absolute Gasteiger partial charge is 0.485 e. The van der Waals surface area contributed by atoms with Crippen LogP contribution in [0.3, 0.4) is 0 Å². The van der Waals surface area contributed by atoms with Gasteiger partial charge in [0.2, 0.25) is 0 Å². The number of aromatic nitrogens is 2. The number of halogens is 3. The van der Waals surface area contributed by atoms with Crippen LogP contribution in [0, 0.1) is 18.6 Å². The Hall–Kier alpha value is -3.07. The van der Waals surface area contributed by atoms with Gasteiger partial charge in [-0.3, -0.25) is 9.20 Å². The Balaban J connectivity index is 1.97. The fourth-order valence-electron chi connectivity index (χ4n) is 3.05. The first kappa shape index (κ1) is 22.6. The highest BCUT2D eigenvalue weighted by Gasteiger charge is 2.23. The lowest BCUT2D eigenvalue weighted by atomic mass is 10.0. The molecule has 166 valence electrons. The van der Waals surface area contributed by atoms with E-state index in [-0.39, 0.29) is 34.8 Å². The predicted molar refractivity (Wildman–Crippen MR) is 111 cm³/mol. The van der Waals surface area contributed by atoms with Gasteiger partial charge in [-0.05, 0) is 38.5 Å². The molecule has 1 aromatic carbocycles. The zero-order valence-electron chi connectivity index (χ0n) is 17.6. The quantitative estimate of drug-likeness (QED) is 0.565. The standard InChI is InChI=1S/C22H25F3N4O2/c1-4-22(3,26)12-27-21(30)19-13(2)28-20-18(8-14(9-23)10-29(19)20)31-11-15-16(24)6-5-7-17(15)25/h5-8,10H,4,9,11-12,26H2,1-3H3,(H,27,30)/t22-/m0/s1. The molecule has 0 saturated heterocycles. The second kappa shape index (κ2) is 8.97. The molecule has 0 aliphatic carbocycles. The topological polar surface area (TPSA) is 81.6 Å². The summed E-state index contributed by atoms with van der Waals surface area (Å²) < 4.78 is 48.4. The molecule has 0 fully saturated rings. The maximum atomic E-state index is 13.9. The first-order valence-electron chi connectivity index (χ1n) is 9.87. The third-order valence-corrected chi connectivity index (χ3v) is 5.18. The summed E-state index contributed by atoms with van der Waals surface area (Å²) in [5, 5.41) is 2.78. The molecule has 3 N–H and O–H groups in total. The number of carbonyl (C=O) groups excluding carboxylic acids is 1. The number of amides is 1. The number of nitrogens with two attached hydrogens (primary N) is 1.